The molecule has 1 aromatic carbocycles. The maximum atomic E-state index is 13.0. The molecule has 1 N–H and O–H groups in total. The quantitative estimate of drug-likeness (QED) is 0.857. The van der Waals surface area contributed by atoms with E-state index >= 15 is 0 Å². The molecule has 3 rings (SSSR count). The maximum absolute atomic E-state index is 13.0. The lowest BCUT2D eigenvalue weighted by Crippen LogP contribution is -2.59. The van der Waals surface area contributed by atoms with Crippen molar-refractivity contribution >= 4 is 11.8 Å². The lowest BCUT2D eigenvalue weighted by atomic mass is 9.90. The van der Waals surface area contributed by atoms with Gasteiger partial charge < -0.3 is 24.6 Å². The van der Waals surface area contributed by atoms with Crippen LogP contribution in [-0.4, -0.2) is 80.7 Å². The van der Waals surface area contributed by atoms with Crippen LogP contribution in [0.15, 0.2) is 24.3 Å². The van der Waals surface area contributed by atoms with Crippen LogP contribution in [0.5, 0.6) is 5.75 Å². The molecule has 0 saturated carbocycles. The van der Waals surface area contributed by atoms with Crippen molar-refractivity contribution < 1.29 is 19.1 Å². The number of ether oxygens (including phenoxy) is 2. The van der Waals surface area contributed by atoms with Crippen LogP contribution in [0.4, 0.5) is 0 Å². The van der Waals surface area contributed by atoms with E-state index in [1.165, 1.54) is 0 Å². The number of piperazine rings is 1. The molecule has 2 aliphatic heterocycles. The first-order valence-electron chi connectivity index (χ1n) is 9.08. The molecule has 142 valence electrons. The summed E-state index contributed by atoms with van der Waals surface area (Å²) in [5.74, 6) is 0.687. The van der Waals surface area contributed by atoms with Crippen molar-refractivity contribution in [3.05, 3.63) is 29.8 Å². The van der Waals surface area contributed by atoms with Gasteiger partial charge in [-0.05, 0) is 44.1 Å². The molecule has 2 fully saturated rings. The van der Waals surface area contributed by atoms with E-state index in [4.69, 9.17) is 9.47 Å². The molecular formula is C19H27N3O4. The second kappa shape index (κ2) is 8.05. The van der Waals surface area contributed by atoms with Crippen LogP contribution >= 0.6 is 0 Å². The van der Waals surface area contributed by atoms with Gasteiger partial charge in [0.15, 0.2) is 0 Å². The third-order valence-electron chi connectivity index (χ3n) is 5.36. The van der Waals surface area contributed by atoms with Gasteiger partial charge in [0.25, 0.3) is 11.8 Å². The van der Waals surface area contributed by atoms with E-state index in [-0.39, 0.29) is 11.8 Å². The minimum absolute atomic E-state index is 0.0284. The molecule has 2 aliphatic rings. The second-order valence-electron chi connectivity index (χ2n) is 6.76. The normalized spacial score (nSPS) is 19.9. The number of nitrogens with zero attached hydrogens (tertiary/aromatic N) is 2. The van der Waals surface area contributed by atoms with Crippen LogP contribution < -0.4 is 10.1 Å². The second-order valence-corrected chi connectivity index (χ2v) is 6.76. The highest BCUT2D eigenvalue weighted by Gasteiger charge is 2.43. The number of hydrogen-bond acceptors (Lipinski definition) is 5. The fraction of sp³-hybridized carbons (Fsp3) is 0.579. The van der Waals surface area contributed by atoms with Gasteiger partial charge in [0.05, 0.1) is 7.11 Å². The summed E-state index contributed by atoms with van der Waals surface area (Å²) in [6.45, 7) is 3.70. The predicted molar refractivity (Wildman–Crippen MR) is 97.3 cm³/mol. The summed E-state index contributed by atoms with van der Waals surface area (Å²) in [5, 5.41) is 3.27. The SMILES string of the molecule is COc1cccc(C(=O)N2CCN(C(=O)C3(OC)CCNCC3)CC2)c1. The number of carbonyl (C=O) groups excluding carboxylic acids is 2. The van der Waals surface area contributed by atoms with Crippen LogP contribution in [0.1, 0.15) is 23.2 Å². The van der Waals surface area contributed by atoms with Gasteiger partial charge >= 0.3 is 0 Å². The van der Waals surface area contributed by atoms with Crippen LogP contribution in [0.3, 0.4) is 0 Å². The van der Waals surface area contributed by atoms with Crippen molar-refractivity contribution in [2.75, 3.05) is 53.5 Å². The number of piperidine rings is 1. The molecule has 1 aromatic rings. The molecule has 2 heterocycles. The van der Waals surface area contributed by atoms with E-state index in [0.29, 0.717) is 50.3 Å². The molecule has 2 saturated heterocycles. The van der Waals surface area contributed by atoms with Crippen molar-refractivity contribution in [2.24, 2.45) is 0 Å². The minimum Gasteiger partial charge on any atom is -0.497 e. The van der Waals surface area contributed by atoms with Crippen LogP contribution in [0.2, 0.25) is 0 Å². The Balaban J connectivity index is 1.61. The summed E-state index contributed by atoms with van der Waals surface area (Å²) >= 11 is 0. The third-order valence-corrected chi connectivity index (χ3v) is 5.36. The highest BCUT2D eigenvalue weighted by atomic mass is 16.5. The number of hydrogen-bond donors (Lipinski definition) is 1. The number of nitrogens with one attached hydrogen (secondary N) is 1. The molecule has 0 aliphatic carbocycles. The van der Waals surface area contributed by atoms with Crippen molar-refractivity contribution in [1.29, 1.82) is 0 Å². The number of methoxy groups -OCH3 is 2. The molecule has 0 bridgehead atoms. The van der Waals surface area contributed by atoms with Gasteiger partial charge in [-0.15, -0.1) is 0 Å². The van der Waals surface area contributed by atoms with E-state index in [2.05, 4.69) is 5.32 Å². The fourth-order valence-corrected chi connectivity index (χ4v) is 3.68. The highest BCUT2D eigenvalue weighted by Crippen LogP contribution is 2.26. The molecule has 7 nitrogen and oxygen atoms in total. The van der Waals surface area contributed by atoms with Gasteiger partial charge in [-0.25, -0.2) is 0 Å². The fourth-order valence-electron chi connectivity index (χ4n) is 3.68. The van der Waals surface area contributed by atoms with Crippen molar-refractivity contribution in [3.8, 4) is 5.75 Å². The molecule has 7 heteroatoms. The van der Waals surface area contributed by atoms with Gasteiger partial charge in [-0.1, -0.05) is 6.07 Å². The third kappa shape index (κ3) is 3.68. The number of carbonyl (C=O) groups is 2. The molecule has 2 amide bonds. The Kier molecular flexibility index (Phi) is 5.78. The zero-order valence-electron chi connectivity index (χ0n) is 15.5. The van der Waals surface area contributed by atoms with E-state index in [9.17, 15) is 9.59 Å². The van der Waals surface area contributed by atoms with E-state index < -0.39 is 5.60 Å². The summed E-state index contributed by atoms with van der Waals surface area (Å²) in [6.07, 6.45) is 1.37. The Morgan fingerprint density at radius 1 is 1.04 bits per heavy atom. The number of amides is 2. The van der Waals surface area contributed by atoms with Crippen molar-refractivity contribution in [3.63, 3.8) is 0 Å². The van der Waals surface area contributed by atoms with Gasteiger partial charge in [0, 0.05) is 38.9 Å². The Morgan fingerprint density at radius 2 is 1.69 bits per heavy atom. The van der Waals surface area contributed by atoms with Crippen molar-refractivity contribution in [1.82, 2.24) is 15.1 Å². The minimum atomic E-state index is -0.718. The summed E-state index contributed by atoms with van der Waals surface area (Å²) in [4.78, 5) is 29.3. The summed E-state index contributed by atoms with van der Waals surface area (Å²) < 4.78 is 10.8. The van der Waals surface area contributed by atoms with E-state index in [0.717, 1.165) is 13.1 Å². The topological polar surface area (TPSA) is 71.1 Å². The first-order chi connectivity index (χ1) is 12.6. The molecule has 0 unspecified atom stereocenters. The van der Waals surface area contributed by atoms with E-state index in [1.54, 1.807) is 31.3 Å². The largest absolute Gasteiger partial charge is 0.497 e. The molecule has 0 atom stereocenters. The average molecular weight is 361 g/mol. The lowest BCUT2D eigenvalue weighted by molar-refractivity contribution is -0.159. The van der Waals surface area contributed by atoms with Gasteiger partial charge in [0.1, 0.15) is 11.4 Å². The molecule has 0 radical (unpaired) electrons. The van der Waals surface area contributed by atoms with Crippen LogP contribution in [0, 0.1) is 0 Å². The summed E-state index contributed by atoms with van der Waals surface area (Å²) in [5.41, 5.74) is -0.111. The Hall–Kier alpha value is -2.12. The van der Waals surface area contributed by atoms with Crippen LogP contribution in [-0.2, 0) is 9.53 Å². The summed E-state index contributed by atoms with van der Waals surface area (Å²) in [6, 6.07) is 7.16. The summed E-state index contributed by atoms with van der Waals surface area (Å²) in [7, 11) is 3.20. The maximum Gasteiger partial charge on any atom is 0.255 e. The van der Waals surface area contributed by atoms with Crippen molar-refractivity contribution in [2.45, 2.75) is 18.4 Å². The zero-order chi connectivity index (χ0) is 18.6. The van der Waals surface area contributed by atoms with Gasteiger partial charge in [-0.2, -0.15) is 0 Å². The number of rotatable bonds is 4. The standard InChI is InChI=1S/C19H27N3O4/c1-25-16-5-3-4-15(14-16)17(23)21-10-12-22(13-11-21)18(24)19(26-2)6-8-20-9-7-19/h3-5,14,20H,6-13H2,1-2H3. The monoisotopic (exact) mass is 361 g/mol. The molecular weight excluding hydrogens is 334 g/mol. The lowest BCUT2D eigenvalue weighted by Gasteiger charge is -2.42. The number of benzene rings is 1. The van der Waals surface area contributed by atoms with Gasteiger partial charge in [-0.3, -0.25) is 9.59 Å². The Morgan fingerprint density at radius 3 is 2.31 bits per heavy atom. The molecule has 26 heavy (non-hydrogen) atoms. The van der Waals surface area contributed by atoms with Crippen LogP contribution in [0.25, 0.3) is 0 Å². The molecule has 0 aromatic heterocycles. The predicted octanol–water partition coefficient (Wildman–Crippen LogP) is 0.748. The zero-order valence-corrected chi connectivity index (χ0v) is 15.5. The van der Waals surface area contributed by atoms with Gasteiger partial charge in [0.2, 0.25) is 0 Å². The Bertz CT molecular complexity index is 650. The average Bonchev–Trinajstić information content (AvgIpc) is 2.73. The first-order valence-corrected chi connectivity index (χ1v) is 9.08. The smallest absolute Gasteiger partial charge is 0.255 e. The molecule has 0 spiro atoms. The Labute approximate surface area is 154 Å². The first kappa shape index (κ1) is 18.7. The van der Waals surface area contributed by atoms with E-state index in [1.807, 2.05) is 17.0 Å². The highest BCUT2D eigenvalue weighted by molar-refractivity contribution is 5.95.